The summed E-state index contributed by atoms with van der Waals surface area (Å²) in [6.45, 7) is 0.308. The molecular formula is C13H12N2O2. The Kier molecular flexibility index (Phi) is 3.12. The van der Waals surface area contributed by atoms with Gasteiger partial charge in [-0.1, -0.05) is 0 Å². The van der Waals surface area contributed by atoms with Gasteiger partial charge in [0.25, 0.3) is 0 Å². The van der Waals surface area contributed by atoms with E-state index in [0.29, 0.717) is 23.6 Å². The summed E-state index contributed by atoms with van der Waals surface area (Å²) < 4.78 is 10.6. The number of furan rings is 1. The van der Waals surface area contributed by atoms with Gasteiger partial charge in [0, 0.05) is 11.1 Å². The van der Waals surface area contributed by atoms with E-state index < -0.39 is 0 Å². The van der Waals surface area contributed by atoms with Crippen LogP contribution in [0.2, 0.25) is 0 Å². The Hall–Kier alpha value is -2.25. The van der Waals surface area contributed by atoms with E-state index >= 15 is 0 Å². The molecule has 2 N–H and O–H groups in total. The SMILES string of the molecule is COc1ccc(C#N)cc1-c1ccoc1CN. The van der Waals surface area contributed by atoms with Crippen LogP contribution >= 0.6 is 0 Å². The molecule has 2 rings (SSSR count). The highest BCUT2D eigenvalue weighted by molar-refractivity contribution is 5.73. The first-order valence-electron chi connectivity index (χ1n) is 5.15. The van der Waals surface area contributed by atoms with E-state index in [1.807, 2.05) is 6.07 Å². The monoisotopic (exact) mass is 228 g/mol. The van der Waals surface area contributed by atoms with Crippen molar-refractivity contribution in [1.29, 1.82) is 5.26 Å². The zero-order chi connectivity index (χ0) is 12.3. The Morgan fingerprint density at radius 2 is 2.18 bits per heavy atom. The molecule has 0 radical (unpaired) electrons. The molecular weight excluding hydrogens is 216 g/mol. The minimum Gasteiger partial charge on any atom is -0.496 e. The van der Waals surface area contributed by atoms with Crippen molar-refractivity contribution < 1.29 is 9.15 Å². The van der Waals surface area contributed by atoms with Gasteiger partial charge in [-0.25, -0.2) is 0 Å². The molecule has 2 aromatic rings. The molecule has 0 unspecified atom stereocenters. The molecule has 4 nitrogen and oxygen atoms in total. The normalized spacial score (nSPS) is 9.94. The maximum absolute atomic E-state index is 8.91. The minimum atomic E-state index is 0.308. The fraction of sp³-hybridized carbons (Fsp3) is 0.154. The van der Waals surface area contributed by atoms with Crippen LogP contribution in [0.3, 0.4) is 0 Å². The summed E-state index contributed by atoms with van der Waals surface area (Å²) >= 11 is 0. The smallest absolute Gasteiger partial charge is 0.126 e. The van der Waals surface area contributed by atoms with Crippen molar-refractivity contribution in [1.82, 2.24) is 0 Å². The van der Waals surface area contributed by atoms with E-state index in [1.165, 1.54) is 0 Å². The van der Waals surface area contributed by atoms with Gasteiger partial charge < -0.3 is 14.9 Å². The zero-order valence-corrected chi connectivity index (χ0v) is 9.43. The number of nitriles is 1. The molecule has 0 aliphatic heterocycles. The molecule has 0 spiro atoms. The van der Waals surface area contributed by atoms with E-state index in [1.54, 1.807) is 31.6 Å². The molecule has 0 amide bonds. The second kappa shape index (κ2) is 4.73. The highest BCUT2D eigenvalue weighted by Gasteiger charge is 2.12. The molecule has 0 fully saturated rings. The third-order valence-corrected chi connectivity index (χ3v) is 2.55. The highest BCUT2D eigenvalue weighted by atomic mass is 16.5. The number of ether oxygens (including phenoxy) is 1. The minimum absolute atomic E-state index is 0.308. The average Bonchev–Trinajstić information content (AvgIpc) is 2.86. The van der Waals surface area contributed by atoms with Crippen LogP contribution in [0.1, 0.15) is 11.3 Å². The summed E-state index contributed by atoms with van der Waals surface area (Å²) in [7, 11) is 1.59. The Balaban J connectivity index is 2.61. The summed E-state index contributed by atoms with van der Waals surface area (Å²) in [5.41, 5.74) is 7.85. The second-order valence-corrected chi connectivity index (χ2v) is 3.49. The van der Waals surface area contributed by atoms with E-state index in [-0.39, 0.29) is 0 Å². The molecule has 0 aliphatic rings. The Morgan fingerprint density at radius 3 is 2.82 bits per heavy atom. The van der Waals surface area contributed by atoms with Crippen LogP contribution in [0.5, 0.6) is 5.75 Å². The van der Waals surface area contributed by atoms with Crippen molar-refractivity contribution in [3.8, 4) is 22.9 Å². The summed E-state index contributed by atoms with van der Waals surface area (Å²) in [5, 5.41) is 8.91. The lowest BCUT2D eigenvalue weighted by Crippen LogP contribution is -1.97. The fourth-order valence-electron chi connectivity index (χ4n) is 1.73. The summed E-state index contributed by atoms with van der Waals surface area (Å²) in [5.74, 6) is 1.37. The summed E-state index contributed by atoms with van der Waals surface area (Å²) in [6, 6.07) is 9.17. The topological polar surface area (TPSA) is 72.2 Å². The van der Waals surface area contributed by atoms with Gasteiger partial charge in [0.15, 0.2) is 0 Å². The van der Waals surface area contributed by atoms with E-state index in [9.17, 15) is 0 Å². The Labute approximate surface area is 99.2 Å². The van der Waals surface area contributed by atoms with Crippen molar-refractivity contribution in [2.45, 2.75) is 6.54 Å². The molecule has 0 saturated heterocycles. The molecule has 0 saturated carbocycles. The van der Waals surface area contributed by atoms with Crippen molar-refractivity contribution in [2.24, 2.45) is 5.73 Å². The maximum atomic E-state index is 8.91. The Bertz CT molecular complexity index is 567. The molecule has 86 valence electrons. The standard InChI is InChI=1S/C13H12N2O2/c1-16-12-3-2-9(7-14)6-11(12)10-4-5-17-13(10)8-15/h2-6H,8,15H2,1H3. The third-order valence-electron chi connectivity index (χ3n) is 2.55. The number of nitrogens with zero attached hydrogens (tertiary/aromatic N) is 1. The van der Waals surface area contributed by atoms with Crippen molar-refractivity contribution in [3.63, 3.8) is 0 Å². The lowest BCUT2D eigenvalue weighted by molar-refractivity contribution is 0.416. The van der Waals surface area contributed by atoms with Gasteiger partial charge in [-0.2, -0.15) is 5.26 Å². The number of nitrogens with two attached hydrogens (primary N) is 1. The van der Waals surface area contributed by atoms with E-state index in [0.717, 1.165) is 11.1 Å². The first-order valence-corrected chi connectivity index (χ1v) is 5.15. The highest BCUT2D eigenvalue weighted by Crippen LogP contribution is 2.33. The van der Waals surface area contributed by atoms with Crippen LogP contribution in [0.25, 0.3) is 11.1 Å². The summed E-state index contributed by atoms with van der Waals surface area (Å²) in [4.78, 5) is 0. The maximum Gasteiger partial charge on any atom is 0.126 e. The van der Waals surface area contributed by atoms with Crippen LogP contribution in [-0.2, 0) is 6.54 Å². The lowest BCUT2D eigenvalue weighted by atomic mass is 10.0. The van der Waals surface area contributed by atoms with Crippen molar-refractivity contribution in [2.75, 3.05) is 7.11 Å². The number of methoxy groups -OCH3 is 1. The van der Waals surface area contributed by atoms with E-state index in [2.05, 4.69) is 6.07 Å². The fourth-order valence-corrected chi connectivity index (χ4v) is 1.73. The molecule has 1 aromatic heterocycles. The predicted octanol–water partition coefficient (Wildman–Crippen LogP) is 2.29. The van der Waals surface area contributed by atoms with Crippen LogP contribution in [0.4, 0.5) is 0 Å². The van der Waals surface area contributed by atoms with Gasteiger partial charge >= 0.3 is 0 Å². The molecule has 1 heterocycles. The van der Waals surface area contributed by atoms with Gasteiger partial charge in [-0.05, 0) is 24.3 Å². The third kappa shape index (κ3) is 2.01. The largest absolute Gasteiger partial charge is 0.496 e. The predicted molar refractivity (Wildman–Crippen MR) is 63.3 cm³/mol. The van der Waals surface area contributed by atoms with Gasteiger partial charge in [0.05, 0.1) is 31.6 Å². The second-order valence-electron chi connectivity index (χ2n) is 3.49. The van der Waals surface area contributed by atoms with Crippen molar-refractivity contribution in [3.05, 3.63) is 41.9 Å². The van der Waals surface area contributed by atoms with Crippen LogP contribution in [-0.4, -0.2) is 7.11 Å². The first-order chi connectivity index (χ1) is 8.30. The first kappa shape index (κ1) is 11.2. The van der Waals surface area contributed by atoms with Gasteiger partial charge in [0.2, 0.25) is 0 Å². The van der Waals surface area contributed by atoms with Gasteiger partial charge in [-0.3, -0.25) is 0 Å². The van der Waals surface area contributed by atoms with Gasteiger partial charge in [0.1, 0.15) is 11.5 Å². The van der Waals surface area contributed by atoms with Crippen molar-refractivity contribution >= 4 is 0 Å². The molecule has 4 heteroatoms. The number of hydrogen-bond acceptors (Lipinski definition) is 4. The number of hydrogen-bond donors (Lipinski definition) is 1. The van der Waals surface area contributed by atoms with E-state index in [4.69, 9.17) is 20.1 Å². The quantitative estimate of drug-likeness (QED) is 0.874. The molecule has 17 heavy (non-hydrogen) atoms. The zero-order valence-electron chi connectivity index (χ0n) is 9.43. The van der Waals surface area contributed by atoms with Crippen LogP contribution < -0.4 is 10.5 Å². The average molecular weight is 228 g/mol. The molecule has 0 atom stereocenters. The lowest BCUT2D eigenvalue weighted by Gasteiger charge is -2.08. The summed E-state index contributed by atoms with van der Waals surface area (Å²) in [6.07, 6.45) is 1.58. The Morgan fingerprint density at radius 1 is 1.35 bits per heavy atom. The molecule has 0 bridgehead atoms. The van der Waals surface area contributed by atoms with Crippen LogP contribution in [0, 0.1) is 11.3 Å². The van der Waals surface area contributed by atoms with Crippen LogP contribution in [0.15, 0.2) is 34.9 Å². The molecule has 0 aliphatic carbocycles. The number of rotatable bonds is 3. The molecule has 1 aromatic carbocycles. The van der Waals surface area contributed by atoms with Gasteiger partial charge in [-0.15, -0.1) is 0 Å². The number of benzene rings is 1.